The van der Waals surface area contributed by atoms with Gasteiger partial charge >= 0.3 is 0 Å². The average molecular weight is 297 g/mol. The fourth-order valence-corrected chi connectivity index (χ4v) is 3.58. The van der Waals surface area contributed by atoms with E-state index in [4.69, 9.17) is 9.72 Å². The van der Waals surface area contributed by atoms with Crippen molar-refractivity contribution in [3.63, 3.8) is 0 Å². The van der Waals surface area contributed by atoms with Gasteiger partial charge in [0.05, 0.1) is 12.3 Å². The molecule has 4 nitrogen and oxygen atoms in total. The van der Waals surface area contributed by atoms with Gasteiger partial charge in [0.2, 0.25) is 0 Å². The largest absolute Gasteiger partial charge is 0.383 e. The van der Waals surface area contributed by atoms with Crippen LogP contribution in [0.5, 0.6) is 0 Å². The molecule has 1 N–H and O–H groups in total. The first-order valence-corrected chi connectivity index (χ1v) is 8.41. The molecule has 20 heavy (non-hydrogen) atoms. The number of aromatic nitrogens is 1. The molecule has 0 aliphatic heterocycles. The molecule has 1 atom stereocenters. The summed E-state index contributed by atoms with van der Waals surface area (Å²) in [6.07, 6.45) is 2.72. The minimum Gasteiger partial charge on any atom is -0.383 e. The topological polar surface area (TPSA) is 37.4 Å². The zero-order valence-electron chi connectivity index (χ0n) is 13.1. The summed E-state index contributed by atoms with van der Waals surface area (Å²) in [5, 5.41) is 4.55. The summed E-state index contributed by atoms with van der Waals surface area (Å²) >= 11 is 1.83. The van der Waals surface area contributed by atoms with E-state index in [9.17, 15) is 0 Å². The highest BCUT2D eigenvalue weighted by Crippen LogP contribution is 2.38. The highest BCUT2D eigenvalue weighted by Gasteiger charge is 2.33. The first-order chi connectivity index (χ1) is 9.67. The molecular weight excluding hydrogens is 270 g/mol. The zero-order chi connectivity index (χ0) is 14.5. The Kier molecular flexibility index (Phi) is 5.81. The molecule has 5 heteroatoms. The fraction of sp³-hybridized carbons (Fsp3) is 0.800. The van der Waals surface area contributed by atoms with Crippen LogP contribution >= 0.6 is 11.3 Å². The third kappa shape index (κ3) is 3.93. The van der Waals surface area contributed by atoms with E-state index in [-0.39, 0.29) is 0 Å². The van der Waals surface area contributed by atoms with Crippen LogP contribution in [0.25, 0.3) is 0 Å². The maximum absolute atomic E-state index is 5.27. The summed E-state index contributed by atoms with van der Waals surface area (Å²) in [4.78, 5) is 8.59. The maximum Gasteiger partial charge on any atom is 0.186 e. The van der Waals surface area contributed by atoms with E-state index in [1.807, 2.05) is 11.3 Å². The van der Waals surface area contributed by atoms with Crippen molar-refractivity contribution in [2.75, 3.05) is 31.7 Å². The van der Waals surface area contributed by atoms with E-state index in [1.165, 1.54) is 17.7 Å². The summed E-state index contributed by atoms with van der Waals surface area (Å²) in [7, 11) is 1.77. The van der Waals surface area contributed by atoms with E-state index >= 15 is 0 Å². The number of aryl methyl sites for hydroxylation is 1. The molecule has 1 fully saturated rings. The van der Waals surface area contributed by atoms with Crippen molar-refractivity contribution in [1.82, 2.24) is 10.3 Å². The number of thiazole rings is 1. The molecule has 1 heterocycles. The first kappa shape index (κ1) is 15.7. The smallest absolute Gasteiger partial charge is 0.186 e. The minimum absolute atomic E-state index is 0.572. The number of nitrogens with one attached hydrogen (secondary N) is 1. The van der Waals surface area contributed by atoms with Crippen LogP contribution in [0.3, 0.4) is 0 Å². The Hall–Kier alpha value is -0.650. The van der Waals surface area contributed by atoms with Crippen molar-refractivity contribution in [3.8, 4) is 0 Å². The molecule has 1 aromatic rings. The highest BCUT2D eigenvalue weighted by molar-refractivity contribution is 7.15. The average Bonchev–Trinajstić information content (AvgIpc) is 3.22. The van der Waals surface area contributed by atoms with Crippen LogP contribution < -0.4 is 10.2 Å². The summed E-state index contributed by atoms with van der Waals surface area (Å²) in [6.45, 7) is 10.2. The molecule has 1 aliphatic carbocycles. The Morgan fingerprint density at radius 3 is 2.85 bits per heavy atom. The van der Waals surface area contributed by atoms with Crippen LogP contribution in [0.15, 0.2) is 0 Å². The number of anilines is 1. The molecule has 1 unspecified atom stereocenters. The van der Waals surface area contributed by atoms with E-state index in [0.29, 0.717) is 6.04 Å². The van der Waals surface area contributed by atoms with Crippen LogP contribution in [0.4, 0.5) is 5.13 Å². The predicted molar refractivity (Wildman–Crippen MR) is 85.6 cm³/mol. The number of ether oxygens (including phenoxy) is 1. The molecule has 0 aromatic carbocycles. The first-order valence-electron chi connectivity index (χ1n) is 7.60. The van der Waals surface area contributed by atoms with Crippen molar-refractivity contribution in [3.05, 3.63) is 10.6 Å². The number of methoxy groups -OCH3 is 1. The summed E-state index contributed by atoms with van der Waals surface area (Å²) in [6, 6.07) is 0.572. The number of nitrogens with zero attached hydrogens (tertiary/aromatic N) is 2. The number of rotatable bonds is 9. The lowest BCUT2D eigenvalue weighted by Crippen LogP contribution is -2.37. The molecule has 114 valence electrons. The molecule has 1 aromatic heterocycles. The van der Waals surface area contributed by atoms with E-state index < -0.39 is 0 Å². The van der Waals surface area contributed by atoms with E-state index in [1.54, 1.807) is 7.11 Å². The second-order valence-electron chi connectivity index (χ2n) is 5.55. The quantitative estimate of drug-likeness (QED) is 0.760. The van der Waals surface area contributed by atoms with Crippen LogP contribution in [0, 0.1) is 12.8 Å². The van der Waals surface area contributed by atoms with E-state index in [2.05, 4.69) is 31.0 Å². The van der Waals surface area contributed by atoms with Gasteiger partial charge in [-0.3, -0.25) is 0 Å². The molecule has 1 aliphatic rings. The third-order valence-corrected chi connectivity index (χ3v) is 5.19. The van der Waals surface area contributed by atoms with Gasteiger partial charge in [-0.05, 0) is 39.2 Å². The highest BCUT2D eigenvalue weighted by atomic mass is 32.1. The van der Waals surface area contributed by atoms with Gasteiger partial charge < -0.3 is 15.0 Å². The fourth-order valence-electron chi connectivity index (χ4n) is 2.43. The Balaban J connectivity index is 2.10. The predicted octanol–water partition coefficient (Wildman–Crippen LogP) is 2.81. The Labute approximate surface area is 126 Å². The molecular formula is C15H27N3OS. The lowest BCUT2D eigenvalue weighted by Gasteiger charge is -2.28. The minimum atomic E-state index is 0.572. The van der Waals surface area contributed by atoms with Crippen molar-refractivity contribution in [2.24, 2.45) is 5.92 Å². The van der Waals surface area contributed by atoms with Gasteiger partial charge in [-0.25, -0.2) is 4.98 Å². The Morgan fingerprint density at radius 1 is 1.50 bits per heavy atom. The standard InChI is InChI=1S/C15H27N3OS/c1-5-16-10-14-11(2)17-15(20-14)18(8-9-19-4)12(3)13-6-7-13/h12-13,16H,5-10H2,1-4H3. The monoisotopic (exact) mass is 297 g/mol. The van der Waals surface area contributed by atoms with Gasteiger partial charge in [0.1, 0.15) is 0 Å². The molecule has 2 rings (SSSR count). The number of hydrogen-bond acceptors (Lipinski definition) is 5. The van der Waals surface area contributed by atoms with E-state index in [0.717, 1.165) is 43.0 Å². The maximum atomic E-state index is 5.27. The van der Waals surface area contributed by atoms with Crippen molar-refractivity contribution < 1.29 is 4.74 Å². The van der Waals surface area contributed by atoms with Crippen molar-refractivity contribution >= 4 is 16.5 Å². The zero-order valence-corrected chi connectivity index (χ0v) is 13.9. The SMILES string of the molecule is CCNCc1sc(N(CCOC)C(C)C2CC2)nc1C. The molecule has 0 amide bonds. The summed E-state index contributed by atoms with van der Waals surface area (Å²) < 4.78 is 5.27. The van der Waals surface area contributed by atoms with Gasteiger partial charge in [-0.1, -0.05) is 6.92 Å². The van der Waals surface area contributed by atoms with Gasteiger partial charge in [0, 0.05) is 31.1 Å². The van der Waals surface area contributed by atoms with Crippen LogP contribution in [0.1, 0.15) is 37.3 Å². The molecule has 0 radical (unpaired) electrons. The number of hydrogen-bond donors (Lipinski definition) is 1. The third-order valence-electron chi connectivity index (χ3n) is 3.99. The van der Waals surface area contributed by atoms with Crippen molar-refractivity contribution in [2.45, 2.75) is 46.2 Å². The second-order valence-corrected chi connectivity index (χ2v) is 6.61. The van der Waals surface area contributed by atoms with Crippen LogP contribution in [0.2, 0.25) is 0 Å². The lowest BCUT2D eigenvalue weighted by atomic mass is 10.2. The van der Waals surface area contributed by atoms with Crippen molar-refractivity contribution in [1.29, 1.82) is 0 Å². The van der Waals surface area contributed by atoms with Crippen LogP contribution in [-0.4, -0.2) is 37.8 Å². The molecule has 1 saturated carbocycles. The second kappa shape index (κ2) is 7.38. The summed E-state index contributed by atoms with van der Waals surface area (Å²) in [5.74, 6) is 0.841. The van der Waals surface area contributed by atoms with Crippen LogP contribution in [-0.2, 0) is 11.3 Å². The Morgan fingerprint density at radius 2 is 2.25 bits per heavy atom. The molecule has 0 bridgehead atoms. The molecule has 0 spiro atoms. The van der Waals surface area contributed by atoms with Gasteiger partial charge in [-0.15, -0.1) is 11.3 Å². The van der Waals surface area contributed by atoms with Gasteiger partial charge in [0.25, 0.3) is 0 Å². The Bertz CT molecular complexity index is 417. The van der Waals surface area contributed by atoms with Gasteiger partial charge in [-0.2, -0.15) is 0 Å². The normalized spacial score (nSPS) is 16.4. The lowest BCUT2D eigenvalue weighted by molar-refractivity contribution is 0.202. The summed E-state index contributed by atoms with van der Waals surface area (Å²) in [5.41, 5.74) is 1.16. The molecule has 0 saturated heterocycles. The van der Waals surface area contributed by atoms with Gasteiger partial charge in [0.15, 0.2) is 5.13 Å².